The molecule has 0 saturated heterocycles. The second kappa shape index (κ2) is 5.67. The van der Waals surface area contributed by atoms with E-state index in [4.69, 9.17) is 16.9 Å². The molecule has 74 valence electrons. The Morgan fingerprint density at radius 3 is 2.50 bits per heavy atom. The number of benzene rings is 1. The number of hydrogen-bond donors (Lipinski definition) is 0. The first-order valence-electron chi connectivity index (χ1n) is 4.90. The van der Waals surface area contributed by atoms with Gasteiger partial charge in [0.05, 0.1) is 6.07 Å². The molecular formula is C12H14ClN. The van der Waals surface area contributed by atoms with E-state index in [9.17, 15) is 0 Å². The van der Waals surface area contributed by atoms with E-state index in [0.29, 0.717) is 12.3 Å². The highest BCUT2D eigenvalue weighted by molar-refractivity contribution is 6.30. The maximum atomic E-state index is 8.53. The number of hydrogen-bond acceptors (Lipinski definition) is 1. The van der Waals surface area contributed by atoms with Crippen LogP contribution < -0.4 is 0 Å². The zero-order valence-corrected chi connectivity index (χ0v) is 9.09. The second-order valence-electron chi connectivity index (χ2n) is 3.35. The lowest BCUT2D eigenvalue weighted by Crippen LogP contribution is -1.96. The molecule has 1 aromatic carbocycles. The lowest BCUT2D eigenvalue weighted by molar-refractivity contribution is 0.616. The summed E-state index contributed by atoms with van der Waals surface area (Å²) in [5.41, 5.74) is 1.28. The standard InChI is InChI=1S/C12H14ClN/c1-2-10(4-3-9-14)11-5-7-12(13)8-6-11/h5-8,10H,2-4H2,1H3. The number of rotatable bonds is 4. The third-order valence-electron chi connectivity index (χ3n) is 2.44. The van der Waals surface area contributed by atoms with Gasteiger partial charge in [0, 0.05) is 11.4 Å². The van der Waals surface area contributed by atoms with Gasteiger partial charge in [-0.2, -0.15) is 5.26 Å². The number of nitriles is 1. The Labute approximate surface area is 90.3 Å². The monoisotopic (exact) mass is 207 g/mol. The van der Waals surface area contributed by atoms with Gasteiger partial charge in [-0.25, -0.2) is 0 Å². The van der Waals surface area contributed by atoms with Crippen molar-refractivity contribution in [3.05, 3.63) is 34.9 Å². The summed E-state index contributed by atoms with van der Waals surface area (Å²) in [4.78, 5) is 0. The van der Waals surface area contributed by atoms with E-state index >= 15 is 0 Å². The molecule has 0 heterocycles. The molecule has 0 fully saturated rings. The van der Waals surface area contributed by atoms with E-state index in [1.165, 1.54) is 5.56 Å². The van der Waals surface area contributed by atoms with E-state index in [1.807, 2.05) is 24.3 Å². The van der Waals surface area contributed by atoms with E-state index in [2.05, 4.69) is 13.0 Å². The van der Waals surface area contributed by atoms with Crippen molar-refractivity contribution in [2.24, 2.45) is 0 Å². The van der Waals surface area contributed by atoms with Crippen LogP contribution in [0.1, 0.15) is 37.7 Å². The van der Waals surface area contributed by atoms with Gasteiger partial charge >= 0.3 is 0 Å². The Bertz CT molecular complexity index is 310. The Morgan fingerprint density at radius 2 is 2.00 bits per heavy atom. The van der Waals surface area contributed by atoms with E-state index in [0.717, 1.165) is 17.9 Å². The van der Waals surface area contributed by atoms with Crippen molar-refractivity contribution in [3.63, 3.8) is 0 Å². The minimum atomic E-state index is 0.493. The van der Waals surface area contributed by atoms with Crippen LogP contribution in [0.4, 0.5) is 0 Å². The fraction of sp³-hybridized carbons (Fsp3) is 0.417. The summed E-state index contributed by atoms with van der Waals surface area (Å²) in [6.45, 7) is 2.15. The average molecular weight is 208 g/mol. The van der Waals surface area contributed by atoms with Crippen molar-refractivity contribution in [2.45, 2.75) is 32.1 Å². The Hall–Kier alpha value is -1.00. The first kappa shape index (κ1) is 11.1. The fourth-order valence-corrected chi connectivity index (χ4v) is 1.71. The highest BCUT2D eigenvalue weighted by Gasteiger charge is 2.08. The van der Waals surface area contributed by atoms with Crippen LogP contribution in [0.5, 0.6) is 0 Å². The predicted molar refractivity (Wildman–Crippen MR) is 59.3 cm³/mol. The molecule has 14 heavy (non-hydrogen) atoms. The van der Waals surface area contributed by atoms with Gasteiger partial charge in [0.2, 0.25) is 0 Å². The van der Waals surface area contributed by atoms with Gasteiger partial charge in [0.25, 0.3) is 0 Å². The fourth-order valence-electron chi connectivity index (χ4n) is 1.58. The smallest absolute Gasteiger partial charge is 0.0621 e. The number of nitrogens with zero attached hydrogens (tertiary/aromatic N) is 1. The SMILES string of the molecule is CCC(CCC#N)c1ccc(Cl)cc1. The van der Waals surface area contributed by atoms with Gasteiger partial charge in [-0.1, -0.05) is 30.7 Å². The Morgan fingerprint density at radius 1 is 1.36 bits per heavy atom. The van der Waals surface area contributed by atoms with E-state index in [-0.39, 0.29) is 0 Å². The molecule has 1 rings (SSSR count). The van der Waals surface area contributed by atoms with Gasteiger partial charge in [0.1, 0.15) is 0 Å². The molecule has 0 aliphatic rings. The normalized spacial score (nSPS) is 12.1. The molecule has 0 bridgehead atoms. The van der Waals surface area contributed by atoms with Crippen molar-refractivity contribution < 1.29 is 0 Å². The van der Waals surface area contributed by atoms with Gasteiger partial charge in [-0.05, 0) is 36.5 Å². The van der Waals surface area contributed by atoms with E-state index < -0.39 is 0 Å². The van der Waals surface area contributed by atoms with Crippen molar-refractivity contribution in [1.29, 1.82) is 5.26 Å². The van der Waals surface area contributed by atoms with Gasteiger partial charge in [-0.3, -0.25) is 0 Å². The summed E-state index contributed by atoms with van der Waals surface area (Å²) in [7, 11) is 0. The number of halogens is 1. The lowest BCUT2D eigenvalue weighted by atomic mass is 9.92. The lowest BCUT2D eigenvalue weighted by Gasteiger charge is -2.13. The maximum Gasteiger partial charge on any atom is 0.0621 e. The highest BCUT2D eigenvalue weighted by atomic mass is 35.5. The zero-order chi connectivity index (χ0) is 10.4. The molecule has 1 atom stereocenters. The molecule has 2 heteroatoms. The minimum Gasteiger partial charge on any atom is -0.198 e. The Kier molecular flexibility index (Phi) is 4.49. The summed E-state index contributed by atoms with van der Waals surface area (Å²) >= 11 is 5.81. The van der Waals surface area contributed by atoms with Crippen molar-refractivity contribution in [2.75, 3.05) is 0 Å². The van der Waals surface area contributed by atoms with Crippen LogP contribution in [0.2, 0.25) is 5.02 Å². The highest BCUT2D eigenvalue weighted by Crippen LogP contribution is 2.25. The Balaban J connectivity index is 2.69. The quantitative estimate of drug-likeness (QED) is 0.728. The molecule has 0 radical (unpaired) electrons. The summed E-state index contributed by atoms with van der Waals surface area (Å²) in [5.74, 6) is 0.493. The van der Waals surface area contributed by atoms with E-state index in [1.54, 1.807) is 0 Å². The van der Waals surface area contributed by atoms with Crippen LogP contribution in [-0.2, 0) is 0 Å². The minimum absolute atomic E-state index is 0.493. The molecular weight excluding hydrogens is 194 g/mol. The first-order chi connectivity index (χ1) is 6.77. The average Bonchev–Trinajstić information content (AvgIpc) is 2.21. The maximum absolute atomic E-state index is 8.53. The summed E-state index contributed by atoms with van der Waals surface area (Å²) < 4.78 is 0. The largest absolute Gasteiger partial charge is 0.198 e. The summed E-state index contributed by atoms with van der Waals surface area (Å²) in [6.07, 6.45) is 2.64. The molecule has 0 saturated carbocycles. The van der Waals surface area contributed by atoms with Gasteiger partial charge in [-0.15, -0.1) is 0 Å². The third-order valence-corrected chi connectivity index (χ3v) is 2.69. The molecule has 1 nitrogen and oxygen atoms in total. The molecule has 0 amide bonds. The molecule has 0 N–H and O–H groups in total. The molecule has 1 aromatic rings. The molecule has 0 aromatic heterocycles. The van der Waals surface area contributed by atoms with Crippen LogP contribution in [0.25, 0.3) is 0 Å². The van der Waals surface area contributed by atoms with Crippen molar-refractivity contribution >= 4 is 11.6 Å². The van der Waals surface area contributed by atoms with Crippen molar-refractivity contribution in [1.82, 2.24) is 0 Å². The second-order valence-corrected chi connectivity index (χ2v) is 3.79. The topological polar surface area (TPSA) is 23.8 Å². The van der Waals surface area contributed by atoms with Crippen LogP contribution in [0.15, 0.2) is 24.3 Å². The third kappa shape index (κ3) is 3.05. The summed E-state index contributed by atoms with van der Waals surface area (Å²) in [5, 5.41) is 9.30. The van der Waals surface area contributed by atoms with Crippen LogP contribution in [-0.4, -0.2) is 0 Å². The molecule has 0 aliphatic heterocycles. The summed E-state index contributed by atoms with van der Waals surface area (Å²) in [6, 6.07) is 10.1. The molecule has 0 spiro atoms. The van der Waals surface area contributed by atoms with Crippen LogP contribution >= 0.6 is 11.6 Å². The van der Waals surface area contributed by atoms with Gasteiger partial charge < -0.3 is 0 Å². The molecule has 0 aliphatic carbocycles. The first-order valence-corrected chi connectivity index (χ1v) is 5.28. The van der Waals surface area contributed by atoms with Crippen LogP contribution in [0.3, 0.4) is 0 Å². The van der Waals surface area contributed by atoms with Crippen LogP contribution in [0, 0.1) is 11.3 Å². The zero-order valence-electron chi connectivity index (χ0n) is 8.33. The predicted octanol–water partition coefficient (Wildman–Crippen LogP) is 4.14. The van der Waals surface area contributed by atoms with Crippen molar-refractivity contribution in [3.8, 4) is 6.07 Å². The van der Waals surface area contributed by atoms with Gasteiger partial charge in [0.15, 0.2) is 0 Å². The molecule has 1 unspecified atom stereocenters.